The van der Waals surface area contributed by atoms with E-state index in [0.717, 1.165) is 11.3 Å². The van der Waals surface area contributed by atoms with E-state index in [0.29, 0.717) is 13.0 Å². The van der Waals surface area contributed by atoms with Crippen LogP contribution in [0.15, 0.2) is 0 Å². The van der Waals surface area contributed by atoms with Crippen LogP contribution in [0.3, 0.4) is 0 Å². The van der Waals surface area contributed by atoms with Crippen molar-refractivity contribution in [3.05, 3.63) is 0 Å². The van der Waals surface area contributed by atoms with Crippen LogP contribution in [0.1, 0.15) is 12.8 Å². The number of nitrogens with one attached hydrogen (secondary N) is 1. The van der Waals surface area contributed by atoms with Gasteiger partial charge in [0.15, 0.2) is 0 Å². The first kappa shape index (κ1) is 9.76. The number of halogens is 3. The van der Waals surface area contributed by atoms with E-state index in [9.17, 15) is 18.0 Å². The number of piperazine rings is 1. The molecule has 3 heterocycles. The number of alkyl halides is 3. The first-order chi connectivity index (χ1) is 6.48. The van der Waals surface area contributed by atoms with Crippen LogP contribution in [0.5, 0.6) is 0 Å². The van der Waals surface area contributed by atoms with Gasteiger partial charge in [-0.1, -0.05) is 0 Å². The van der Waals surface area contributed by atoms with Crippen LogP contribution in [0.2, 0.25) is 0 Å². The van der Waals surface area contributed by atoms with Crippen molar-refractivity contribution in [1.29, 1.82) is 0 Å². The van der Waals surface area contributed by atoms with Crippen LogP contribution in [-0.2, 0) is 4.79 Å². The van der Waals surface area contributed by atoms with E-state index in [1.54, 1.807) is 0 Å². The molecule has 2 atom stereocenters. The molecule has 2 unspecified atom stereocenters. The number of piperidine rings is 2. The zero-order valence-electron chi connectivity index (χ0n) is 7.47. The third-order valence-corrected chi connectivity index (χ3v) is 2.85. The lowest BCUT2D eigenvalue weighted by atomic mass is 9.93. The maximum atomic E-state index is 12.1. The van der Waals surface area contributed by atoms with Crippen LogP contribution in [0.25, 0.3) is 0 Å². The van der Waals surface area contributed by atoms with E-state index < -0.39 is 12.1 Å². The first-order valence-electron chi connectivity index (χ1n) is 4.59. The predicted octanol–water partition coefficient (Wildman–Crippen LogP) is 0.512. The fraction of sp³-hybridized carbons (Fsp3) is 0.875. The average molecular weight is 208 g/mol. The van der Waals surface area contributed by atoms with Crippen molar-refractivity contribution in [2.45, 2.75) is 31.1 Å². The minimum Gasteiger partial charge on any atom is -0.329 e. The summed E-state index contributed by atoms with van der Waals surface area (Å²) < 4.78 is 36.4. The molecular formula is C8H11F3N2O. The fourth-order valence-corrected chi connectivity index (χ4v) is 2.12. The van der Waals surface area contributed by atoms with Crippen molar-refractivity contribution in [1.82, 2.24) is 10.2 Å². The van der Waals surface area contributed by atoms with Crippen molar-refractivity contribution in [2.75, 3.05) is 13.1 Å². The Hall–Kier alpha value is -0.780. The number of hydrogen-bond donors (Lipinski definition) is 1. The highest BCUT2D eigenvalue weighted by molar-refractivity contribution is 5.82. The predicted molar refractivity (Wildman–Crippen MR) is 42.6 cm³/mol. The molecule has 3 nitrogen and oxygen atoms in total. The van der Waals surface area contributed by atoms with Crippen LogP contribution in [0.4, 0.5) is 13.2 Å². The quantitative estimate of drug-likeness (QED) is 0.629. The van der Waals surface area contributed by atoms with Crippen molar-refractivity contribution < 1.29 is 18.0 Å². The highest BCUT2D eigenvalue weighted by Gasteiger charge is 2.47. The minimum atomic E-state index is -4.72. The van der Waals surface area contributed by atoms with Crippen LogP contribution in [0, 0.1) is 0 Å². The molecule has 80 valence electrons. The molecule has 6 heteroatoms. The molecule has 0 saturated carbocycles. The summed E-state index contributed by atoms with van der Waals surface area (Å²) in [4.78, 5) is 11.9. The summed E-state index contributed by atoms with van der Waals surface area (Å²) >= 11 is 0. The van der Waals surface area contributed by atoms with E-state index in [-0.39, 0.29) is 18.6 Å². The topological polar surface area (TPSA) is 32.3 Å². The number of carbonyl (C=O) groups is 1. The zero-order valence-corrected chi connectivity index (χ0v) is 7.47. The molecule has 0 spiro atoms. The van der Waals surface area contributed by atoms with E-state index in [2.05, 4.69) is 5.32 Å². The molecule has 1 amide bonds. The van der Waals surface area contributed by atoms with Crippen LogP contribution >= 0.6 is 0 Å². The Labute approximate surface area is 79.3 Å². The number of fused-ring (bicyclic) bond motifs is 3. The Bertz CT molecular complexity index is 245. The lowest BCUT2D eigenvalue weighted by molar-refractivity contribution is -0.191. The van der Waals surface area contributed by atoms with E-state index in [1.807, 2.05) is 0 Å². The lowest BCUT2D eigenvalue weighted by Crippen LogP contribution is -2.64. The van der Waals surface area contributed by atoms with Gasteiger partial charge in [0.2, 0.25) is 0 Å². The summed E-state index contributed by atoms with van der Waals surface area (Å²) in [6.45, 7) is 0.690. The molecule has 0 aromatic heterocycles. The molecule has 0 aliphatic carbocycles. The maximum absolute atomic E-state index is 12.1. The Morgan fingerprint density at radius 1 is 1.36 bits per heavy atom. The summed E-state index contributed by atoms with van der Waals surface area (Å²) in [7, 11) is 0. The van der Waals surface area contributed by atoms with Crippen molar-refractivity contribution in [3.8, 4) is 0 Å². The molecule has 3 saturated heterocycles. The molecule has 3 fully saturated rings. The highest BCUT2D eigenvalue weighted by atomic mass is 19.4. The van der Waals surface area contributed by atoms with Crippen molar-refractivity contribution >= 4 is 5.91 Å². The average Bonchev–Trinajstić information content (AvgIpc) is 2.17. The van der Waals surface area contributed by atoms with Gasteiger partial charge >= 0.3 is 12.1 Å². The summed E-state index contributed by atoms with van der Waals surface area (Å²) in [5, 5.41) is 3.09. The van der Waals surface area contributed by atoms with Gasteiger partial charge in [-0.2, -0.15) is 13.2 Å². The molecule has 3 aliphatic heterocycles. The molecule has 0 aromatic rings. The van der Waals surface area contributed by atoms with Gasteiger partial charge in [0, 0.05) is 25.2 Å². The second kappa shape index (κ2) is 3.12. The van der Waals surface area contributed by atoms with Gasteiger partial charge in [0.05, 0.1) is 0 Å². The summed E-state index contributed by atoms with van der Waals surface area (Å²) in [5.41, 5.74) is 0. The SMILES string of the molecule is O=C(N1CC2CCC1CN2)C(F)(F)F. The van der Waals surface area contributed by atoms with Gasteiger partial charge in [-0.3, -0.25) is 4.79 Å². The summed E-state index contributed by atoms with van der Waals surface area (Å²) in [5.74, 6) is -1.69. The maximum Gasteiger partial charge on any atom is 0.471 e. The van der Waals surface area contributed by atoms with Crippen LogP contribution in [-0.4, -0.2) is 42.2 Å². The summed E-state index contributed by atoms with van der Waals surface area (Å²) in [6, 6.07) is -0.222. The number of hydrogen-bond acceptors (Lipinski definition) is 2. The zero-order chi connectivity index (χ0) is 10.3. The molecule has 14 heavy (non-hydrogen) atoms. The molecule has 2 bridgehead atoms. The fourth-order valence-electron chi connectivity index (χ4n) is 2.12. The van der Waals surface area contributed by atoms with E-state index in [1.165, 1.54) is 0 Å². The number of rotatable bonds is 0. The molecule has 3 rings (SSSR count). The monoisotopic (exact) mass is 208 g/mol. The standard InChI is InChI=1S/C8H11F3N2O/c9-8(10,11)7(14)13-4-5-1-2-6(13)3-12-5/h5-6,12H,1-4H2. The molecule has 3 aliphatic rings. The minimum absolute atomic E-state index is 0.0475. The van der Waals surface area contributed by atoms with Gasteiger partial charge in [-0.05, 0) is 12.8 Å². The van der Waals surface area contributed by atoms with E-state index >= 15 is 0 Å². The smallest absolute Gasteiger partial charge is 0.329 e. The van der Waals surface area contributed by atoms with Gasteiger partial charge in [0.1, 0.15) is 0 Å². The van der Waals surface area contributed by atoms with Crippen molar-refractivity contribution in [3.63, 3.8) is 0 Å². The highest BCUT2D eigenvalue weighted by Crippen LogP contribution is 2.27. The number of amides is 1. The normalized spacial score (nSPS) is 32.1. The van der Waals surface area contributed by atoms with E-state index in [4.69, 9.17) is 0 Å². The number of nitrogens with zero attached hydrogens (tertiary/aromatic N) is 1. The molecule has 0 radical (unpaired) electrons. The van der Waals surface area contributed by atoms with Gasteiger partial charge in [-0.15, -0.1) is 0 Å². The largest absolute Gasteiger partial charge is 0.471 e. The molecule has 1 N–H and O–H groups in total. The lowest BCUT2D eigenvalue weighted by Gasteiger charge is -2.45. The first-order valence-corrected chi connectivity index (χ1v) is 4.59. The third-order valence-electron chi connectivity index (χ3n) is 2.85. The molecule has 0 aromatic carbocycles. The Morgan fingerprint density at radius 3 is 2.43 bits per heavy atom. The molecular weight excluding hydrogens is 197 g/mol. The summed E-state index contributed by atoms with van der Waals surface area (Å²) in [6.07, 6.45) is -3.18. The number of carbonyl (C=O) groups excluding carboxylic acids is 1. The van der Waals surface area contributed by atoms with Crippen LogP contribution < -0.4 is 5.32 Å². The third kappa shape index (κ3) is 1.58. The second-order valence-corrected chi connectivity index (χ2v) is 3.79. The Balaban J connectivity index is 2.09. The Kier molecular flexibility index (Phi) is 2.17. The Morgan fingerprint density at radius 2 is 2.07 bits per heavy atom. The van der Waals surface area contributed by atoms with Crippen molar-refractivity contribution in [2.24, 2.45) is 0 Å². The van der Waals surface area contributed by atoms with Gasteiger partial charge in [0.25, 0.3) is 0 Å². The van der Waals surface area contributed by atoms with Gasteiger partial charge in [-0.25, -0.2) is 0 Å². The van der Waals surface area contributed by atoms with Gasteiger partial charge < -0.3 is 10.2 Å². The second-order valence-electron chi connectivity index (χ2n) is 3.79.